The zero-order valence-corrected chi connectivity index (χ0v) is 12.8. The summed E-state index contributed by atoms with van der Waals surface area (Å²) in [6.45, 7) is 0. The normalized spacial score (nSPS) is 11.9. The molecular weight excluding hydrogens is 327 g/mol. The quantitative estimate of drug-likeness (QED) is 0.581. The van der Waals surface area contributed by atoms with Gasteiger partial charge in [0.1, 0.15) is 23.2 Å². The average molecular weight is 340 g/mol. The van der Waals surface area contributed by atoms with Crippen LogP contribution in [0.1, 0.15) is 11.6 Å². The molecule has 0 fully saturated rings. The van der Waals surface area contributed by atoms with E-state index in [9.17, 15) is 18.8 Å². The molecular formula is C17H13FN4O3. The lowest BCUT2D eigenvalue weighted by Gasteiger charge is -2.21. The SMILES string of the molecule is NC(=O)C(Nc1c(Nc2ccncc2)c(=O)c1=O)c1ccccc1F. The average Bonchev–Trinajstić information content (AvgIpc) is 2.62. The van der Waals surface area contributed by atoms with Gasteiger partial charge in [-0.2, -0.15) is 0 Å². The number of hydrogen-bond donors (Lipinski definition) is 3. The standard InChI is InChI=1S/C17H13FN4O3/c18-11-4-2-1-3-10(11)12(17(19)25)22-14-13(15(23)16(14)24)21-9-5-7-20-8-6-9/h1-8,12,22H,(H2,19,25)(H,20,21). The molecule has 8 heteroatoms. The van der Waals surface area contributed by atoms with Gasteiger partial charge in [0.05, 0.1) is 0 Å². The summed E-state index contributed by atoms with van der Waals surface area (Å²) in [4.78, 5) is 39.3. The van der Waals surface area contributed by atoms with E-state index in [4.69, 9.17) is 5.73 Å². The Morgan fingerprint density at radius 3 is 2.32 bits per heavy atom. The first kappa shape index (κ1) is 16.3. The molecule has 4 N–H and O–H groups in total. The van der Waals surface area contributed by atoms with E-state index in [0.717, 1.165) is 0 Å². The highest BCUT2D eigenvalue weighted by Gasteiger charge is 2.28. The largest absolute Gasteiger partial charge is 0.368 e. The number of nitrogens with zero attached hydrogens (tertiary/aromatic N) is 1. The molecule has 0 aliphatic carbocycles. The maximum atomic E-state index is 14.0. The molecule has 7 nitrogen and oxygen atoms in total. The van der Waals surface area contributed by atoms with Gasteiger partial charge in [-0.05, 0) is 18.2 Å². The molecule has 0 saturated carbocycles. The lowest BCUT2D eigenvalue weighted by Crippen LogP contribution is -2.40. The predicted octanol–water partition coefficient (Wildman–Crippen LogP) is 1.20. The number of rotatable bonds is 6. The molecule has 0 saturated heterocycles. The minimum Gasteiger partial charge on any atom is -0.368 e. The van der Waals surface area contributed by atoms with Crippen molar-refractivity contribution >= 4 is 23.0 Å². The molecule has 1 heterocycles. The maximum Gasteiger partial charge on any atom is 0.253 e. The minimum atomic E-state index is -1.29. The Morgan fingerprint density at radius 2 is 1.68 bits per heavy atom. The van der Waals surface area contributed by atoms with Gasteiger partial charge in [-0.3, -0.25) is 19.4 Å². The highest BCUT2D eigenvalue weighted by atomic mass is 19.1. The van der Waals surface area contributed by atoms with E-state index in [1.165, 1.54) is 36.7 Å². The summed E-state index contributed by atoms with van der Waals surface area (Å²) in [7, 11) is 0. The van der Waals surface area contributed by atoms with Gasteiger partial charge in [-0.25, -0.2) is 4.39 Å². The molecule has 3 aromatic rings. The summed E-state index contributed by atoms with van der Waals surface area (Å²) in [6.07, 6.45) is 3.01. The van der Waals surface area contributed by atoms with Crippen LogP contribution in [-0.2, 0) is 4.79 Å². The van der Waals surface area contributed by atoms with Gasteiger partial charge < -0.3 is 16.4 Å². The molecule has 1 atom stereocenters. The molecule has 3 rings (SSSR count). The van der Waals surface area contributed by atoms with Crippen LogP contribution in [0, 0.1) is 5.82 Å². The van der Waals surface area contributed by atoms with Crippen molar-refractivity contribution in [2.45, 2.75) is 6.04 Å². The van der Waals surface area contributed by atoms with Gasteiger partial charge in [0.25, 0.3) is 10.9 Å². The van der Waals surface area contributed by atoms with E-state index in [1.807, 2.05) is 0 Å². The predicted molar refractivity (Wildman–Crippen MR) is 90.8 cm³/mol. The number of halogens is 1. The summed E-state index contributed by atoms with van der Waals surface area (Å²) in [6, 6.07) is 7.46. The van der Waals surface area contributed by atoms with Crippen molar-refractivity contribution in [1.29, 1.82) is 0 Å². The number of carbonyl (C=O) groups is 1. The van der Waals surface area contributed by atoms with Crippen LogP contribution in [0.4, 0.5) is 21.5 Å². The molecule has 1 amide bonds. The Balaban J connectivity index is 1.93. The van der Waals surface area contributed by atoms with Crippen molar-refractivity contribution in [2.24, 2.45) is 5.73 Å². The van der Waals surface area contributed by atoms with E-state index in [2.05, 4.69) is 15.6 Å². The van der Waals surface area contributed by atoms with Crippen molar-refractivity contribution in [3.8, 4) is 0 Å². The molecule has 25 heavy (non-hydrogen) atoms. The summed E-state index contributed by atoms with van der Waals surface area (Å²) < 4.78 is 14.0. The zero-order valence-electron chi connectivity index (χ0n) is 12.8. The lowest BCUT2D eigenvalue weighted by atomic mass is 10.0. The Labute approximate surface area is 141 Å². The molecule has 1 unspecified atom stereocenters. The van der Waals surface area contributed by atoms with Crippen LogP contribution < -0.4 is 27.2 Å². The molecule has 0 aliphatic heterocycles. The van der Waals surface area contributed by atoms with E-state index < -0.39 is 28.6 Å². The van der Waals surface area contributed by atoms with Crippen LogP contribution in [-0.4, -0.2) is 10.9 Å². The van der Waals surface area contributed by atoms with Gasteiger partial charge in [0.2, 0.25) is 5.91 Å². The van der Waals surface area contributed by atoms with Crippen LogP contribution in [0.25, 0.3) is 0 Å². The second kappa shape index (κ2) is 6.52. The molecule has 0 radical (unpaired) electrons. The number of nitrogens with two attached hydrogens (primary N) is 1. The minimum absolute atomic E-state index is 0.0150. The van der Waals surface area contributed by atoms with Crippen LogP contribution in [0.15, 0.2) is 58.4 Å². The molecule has 1 aromatic heterocycles. The van der Waals surface area contributed by atoms with E-state index in [0.29, 0.717) is 5.69 Å². The maximum absolute atomic E-state index is 14.0. The van der Waals surface area contributed by atoms with Gasteiger partial charge >= 0.3 is 0 Å². The highest BCUT2D eigenvalue weighted by molar-refractivity contribution is 5.88. The van der Waals surface area contributed by atoms with Crippen molar-refractivity contribution in [3.63, 3.8) is 0 Å². The summed E-state index contributed by atoms with van der Waals surface area (Å²) in [5.41, 5.74) is 4.17. The molecule has 0 spiro atoms. The van der Waals surface area contributed by atoms with Gasteiger partial charge in [0, 0.05) is 23.6 Å². The number of anilines is 3. The van der Waals surface area contributed by atoms with Crippen molar-refractivity contribution in [1.82, 2.24) is 4.98 Å². The topological polar surface area (TPSA) is 114 Å². The number of pyridine rings is 1. The van der Waals surface area contributed by atoms with Crippen molar-refractivity contribution in [3.05, 3.63) is 80.6 Å². The number of amides is 1. The lowest BCUT2D eigenvalue weighted by molar-refractivity contribution is -0.118. The van der Waals surface area contributed by atoms with Crippen molar-refractivity contribution < 1.29 is 9.18 Å². The monoisotopic (exact) mass is 340 g/mol. The number of nitrogens with one attached hydrogen (secondary N) is 2. The third kappa shape index (κ3) is 3.09. The number of primary amides is 1. The van der Waals surface area contributed by atoms with E-state index in [1.54, 1.807) is 12.1 Å². The van der Waals surface area contributed by atoms with Crippen LogP contribution in [0.5, 0.6) is 0 Å². The molecule has 126 valence electrons. The van der Waals surface area contributed by atoms with Crippen LogP contribution in [0.3, 0.4) is 0 Å². The molecule has 0 bridgehead atoms. The van der Waals surface area contributed by atoms with Crippen LogP contribution >= 0.6 is 0 Å². The number of carbonyl (C=O) groups excluding carboxylic acids is 1. The fourth-order valence-electron chi connectivity index (χ4n) is 2.38. The second-order valence-corrected chi connectivity index (χ2v) is 5.27. The second-order valence-electron chi connectivity index (χ2n) is 5.27. The Kier molecular flexibility index (Phi) is 4.25. The fraction of sp³-hybridized carbons (Fsp3) is 0.0588. The molecule has 2 aromatic carbocycles. The Bertz CT molecular complexity index is 997. The molecule has 0 aliphatic rings. The Hall–Kier alpha value is -3.55. The fourth-order valence-corrected chi connectivity index (χ4v) is 2.38. The van der Waals surface area contributed by atoms with Crippen molar-refractivity contribution in [2.75, 3.05) is 10.6 Å². The summed E-state index contributed by atoms with van der Waals surface area (Å²) in [5.74, 6) is -1.53. The number of hydrogen-bond acceptors (Lipinski definition) is 6. The third-order valence-corrected chi connectivity index (χ3v) is 3.65. The highest BCUT2D eigenvalue weighted by Crippen LogP contribution is 2.26. The van der Waals surface area contributed by atoms with E-state index >= 15 is 0 Å². The summed E-state index contributed by atoms with van der Waals surface area (Å²) in [5, 5.41) is 5.36. The van der Waals surface area contributed by atoms with Gasteiger partial charge in [-0.1, -0.05) is 18.2 Å². The van der Waals surface area contributed by atoms with E-state index in [-0.39, 0.29) is 16.9 Å². The first-order valence-electron chi connectivity index (χ1n) is 7.29. The summed E-state index contributed by atoms with van der Waals surface area (Å²) >= 11 is 0. The van der Waals surface area contributed by atoms with Gasteiger partial charge in [0.15, 0.2) is 0 Å². The third-order valence-electron chi connectivity index (χ3n) is 3.65. The van der Waals surface area contributed by atoms with Gasteiger partial charge in [-0.15, -0.1) is 0 Å². The zero-order chi connectivity index (χ0) is 18.0. The Morgan fingerprint density at radius 1 is 1.04 bits per heavy atom. The van der Waals surface area contributed by atoms with Crippen LogP contribution in [0.2, 0.25) is 0 Å². The number of benzene rings is 1. The number of aromatic nitrogens is 1. The first-order chi connectivity index (χ1) is 12.0. The smallest absolute Gasteiger partial charge is 0.253 e. The first-order valence-corrected chi connectivity index (χ1v) is 7.29.